The third-order valence-electron chi connectivity index (χ3n) is 2.44. The Hall–Kier alpha value is -0.550. The lowest BCUT2D eigenvalue weighted by molar-refractivity contribution is 0.918. The summed E-state index contributed by atoms with van der Waals surface area (Å²) in [4.78, 5) is 0. The van der Waals surface area contributed by atoms with Crippen molar-refractivity contribution in [1.29, 1.82) is 0 Å². The van der Waals surface area contributed by atoms with Crippen LogP contribution >= 0.6 is 7.92 Å². The molecule has 0 aromatic rings. The van der Waals surface area contributed by atoms with Crippen LogP contribution in [0, 0.1) is 0 Å². The van der Waals surface area contributed by atoms with E-state index in [1.165, 1.54) is 12.0 Å². The Morgan fingerprint density at radius 3 is 2.53 bits per heavy atom. The van der Waals surface area contributed by atoms with Crippen LogP contribution in [0.5, 0.6) is 0 Å². The smallest absolute Gasteiger partial charge is 0.0248 e. The molecule has 0 radical (unpaired) electrons. The van der Waals surface area contributed by atoms with Crippen LogP contribution in [0.3, 0.4) is 0 Å². The summed E-state index contributed by atoms with van der Waals surface area (Å²) in [5, 5.41) is 0. The van der Waals surface area contributed by atoms with Gasteiger partial charge in [-0.2, -0.15) is 0 Å². The molecule has 2 N–H and O–H groups in total. The monoisotopic (exact) mass is 225 g/mol. The largest absolute Gasteiger partial charge is 0.399 e. The highest BCUT2D eigenvalue weighted by atomic mass is 31.1. The SMILES string of the molecule is C=C(N)[P@](C)C(C)/C=C(\C=C/C)CCC. The zero-order valence-corrected chi connectivity index (χ0v) is 11.3. The van der Waals surface area contributed by atoms with Crippen LogP contribution in [0.25, 0.3) is 0 Å². The normalized spacial score (nSPS) is 16.7. The average Bonchev–Trinajstić information content (AvgIpc) is 2.17. The second-order valence-electron chi connectivity index (χ2n) is 3.83. The van der Waals surface area contributed by atoms with E-state index >= 15 is 0 Å². The summed E-state index contributed by atoms with van der Waals surface area (Å²) in [7, 11) is -0.282. The first-order valence-electron chi connectivity index (χ1n) is 5.53. The molecule has 0 aliphatic rings. The van der Waals surface area contributed by atoms with Gasteiger partial charge in [0.05, 0.1) is 0 Å². The van der Waals surface area contributed by atoms with Crippen LogP contribution in [-0.4, -0.2) is 12.3 Å². The first-order valence-corrected chi connectivity index (χ1v) is 7.39. The van der Waals surface area contributed by atoms with E-state index in [9.17, 15) is 0 Å². The number of rotatable bonds is 6. The van der Waals surface area contributed by atoms with Crippen molar-refractivity contribution >= 4 is 7.92 Å². The van der Waals surface area contributed by atoms with Crippen molar-refractivity contribution in [3.63, 3.8) is 0 Å². The molecule has 0 spiro atoms. The second-order valence-corrected chi connectivity index (χ2v) is 6.45. The minimum absolute atomic E-state index is 0.282. The van der Waals surface area contributed by atoms with Gasteiger partial charge in [0.1, 0.15) is 0 Å². The van der Waals surface area contributed by atoms with Crippen LogP contribution in [0.15, 0.2) is 35.8 Å². The van der Waals surface area contributed by atoms with Gasteiger partial charge in [0.25, 0.3) is 0 Å². The van der Waals surface area contributed by atoms with Gasteiger partial charge in [0.15, 0.2) is 0 Å². The molecular formula is C13H24NP. The summed E-state index contributed by atoms with van der Waals surface area (Å²) in [6.07, 6.45) is 8.97. The Kier molecular flexibility index (Phi) is 7.42. The highest BCUT2D eigenvalue weighted by Crippen LogP contribution is 2.43. The van der Waals surface area contributed by atoms with Gasteiger partial charge in [-0.1, -0.05) is 58.6 Å². The molecule has 0 heterocycles. The van der Waals surface area contributed by atoms with Gasteiger partial charge in [-0.05, 0) is 25.7 Å². The molecule has 0 fully saturated rings. The van der Waals surface area contributed by atoms with Crippen molar-refractivity contribution in [3.05, 3.63) is 35.8 Å². The number of nitrogens with two attached hydrogens (primary N) is 1. The topological polar surface area (TPSA) is 26.0 Å². The van der Waals surface area contributed by atoms with Crippen LogP contribution in [0.1, 0.15) is 33.6 Å². The molecule has 86 valence electrons. The lowest BCUT2D eigenvalue weighted by atomic mass is 10.1. The molecule has 0 amide bonds. The Balaban J connectivity index is 4.58. The van der Waals surface area contributed by atoms with Crippen LogP contribution < -0.4 is 5.73 Å². The van der Waals surface area contributed by atoms with Gasteiger partial charge in [-0.25, -0.2) is 0 Å². The molecule has 0 saturated heterocycles. The Bertz CT molecular complexity index is 253. The summed E-state index contributed by atoms with van der Waals surface area (Å²) < 4.78 is 0. The van der Waals surface area contributed by atoms with E-state index in [1.54, 1.807) is 0 Å². The predicted molar refractivity (Wildman–Crippen MR) is 73.4 cm³/mol. The quantitative estimate of drug-likeness (QED) is 0.531. The van der Waals surface area contributed by atoms with Crippen LogP contribution in [-0.2, 0) is 0 Å². The summed E-state index contributed by atoms with van der Waals surface area (Å²) in [5.41, 5.74) is 8.53. The summed E-state index contributed by atoms with van der Waals surface area (Å²) in [6, 6.07) is 0. The molecule has 0 aliphatic carbocycles. The minimum Gasteiger partial charge on any atom is -0.399 e. The van der Waals surface area contributed by atoms with E-state index in [1.807, 2.05) is 0 Å². The maximum absolute atomic E-state index is 5.75. The van der Waals surface area contributed by atoms with Gasteiger partial charge in [0, 0.05) is 5.44 Å². The fraction of sp³-hybridized carbons (Fsp3) is 0.538. The number of allylic oxidation sites excluding steroid dienone is 4. The van der Waals surface area contributed by atoms with Crippen molar-refractivity contribution in [2.75, 3.05) is 6.66 Å². The zero-order chi connectivity index (χ0) is 11.8. The van der Waals surface area contributed by atoms with Crippen LogP contribution in [0.2, 0.25) is 0 Å². The minimum atomic E-state index is -0.282. The lowest BCUT2D eigenvalue weighted by Crippen LogP contribution is -2.03. The third-order valence-corrected chi connectivity index (χ3v) is 4.72. The summed E-state index contributed by atoms with van der Waals surface area (Å²) in [6.45, 7) is 12.5. The number of hydrogen-bond acceptors (Lipinski definition) is 1. The average molecular weight is 225 g/mol. The van der Waals surface area contributed by atoms with E-state index < -0.39 is 0 Å². The van der Waals surface area contributed by atoms with Gasteiger partial charge in [-0.3, -0.25) is 0 Å². The Morgan fingerprint density at radius 2 is 2.13 bits per heavy atom. The van der Waals surface area contributed by atoms with Crippen molar-refractivity contribution in [2.45, 2.75) is 39.3 Å². The molecule has 2 heteroatoms. The van der Waals surface area contributed by atoms with Crippen molar-refractivity contribution < 1.29 is 0 Å². The molecule has 1 nitrogen and oxygen atoms in total. The maximum atomic E-state index is 5.75. The van der Waals surface area contributed by atoms with E-state index in [2.05, 4.69) is 52.2 Å². The molecule has 2 atom stereocenters. The maximum Gasteiger partial charge on any atom is 0.0248 e. The third kappa shape index (κ3) is 5.79. The highest BCUT2D eigenvalue weighted by Gasteiger charge is 2.10. The summed E-state index contributed by atoms with van der Waals surface area (Å²) >= 11 is 0. The fourth-order valence-corrected chi connectivity index (χ4v) is 2.35. The van der Waals surface area contributed by atoms with Gasteiger partial charge in [-0.15, -0.1) is 0 Å². The van der Waals surface area contributed by atoms with E-state index in [0.29, 0.717) is 5.66 Å². The molecule has 0 aliphatic heterocycles. The van der Waals surface area contributed by atoms with E-state index in [4.69, 9.17) is 5.73 Å². The van der Waals surface area contributed by atoms with Gasteiger partial charge < -0.3 is 5.73 Å². The lowest BCUT2D eigenvalue weighted by Gasteiger charge is -2.18. The van der Waals surface area contributed by atoms with E-state index in [-0.39, 0.29) is 7.92 Å². The molecule has 0 bridgehead atoms. The summed E-state index contributed by atoms with van der Waals surface area (Å²) in [5.74, 6) is 0. The fourth-order valence-electron chi connectivity index (χ4n) is 1.41. The predicted octanol–water partition coefficient (Wildman–Crippen LogP) is 4.22. The molecule has 0 aromatic heterocycles. The molecule has 15 heavy (non-hydrogen) atoms. The Labute approximate surface area is 95.9 Å². The molecular weight excluding hydrogens is 201 g/mol. The van der Waals surface area contributed by atoms with Crippen molar-refractivity contribution in [1.82, 2.24) is 0 Å². The van der Waals surface area contributed by atoms with Gasteiger partial charge >= 0.3 is 0 Å². The molecule has 0 saturated carbocycles. The first-order chi connectivity index (χ1) is 7.02. The highest BCUT2D eigenvalue weighted by molar-refractivity contribution is 7.62. The number of hydrogen-bond donors (Lipinski definition) is 1. The van der Waals surface area contributed by atoms with E-state index in [0.717, 1.165) is 11.9 Å². The second kappa shape index (κ2) is 7.70. The van der Waals surface area contributed by atoms with Gasteiger partial charge in [0.2, 0.25) is 0 Å². The molecule has 0 aromatic carbocycles. The zero-order valence-electron chi connectivity index (χ0n) is 10.5. The Morgan fingerprint density at radius 1 is 1.53 bits per heavy atom. The first kappa shape index (κ1) is 14.5. The molecule has 1 unspecified atom stereocenters. The van der Waals surface area contributed by atoms with Crippen LogP contribution in [0.4, 0.5) is 0 Å². The van der Waals surface area contributed by atoms with Crippen molar-refractivity contribution in [3.8, 4) is 0 Å². The standard InChI is InChI=1S/C13H24NP/c1-6-8-13(9-7-2)10-11(3)15(5)12(4)14/h6,8,10-11H,4,7,9,14H2,1-3,5H3/b8-6-,13-10+/t11?,15-/m1/s1. The molecule has 0 rings (SSSR count). The van der Waals surface area contributed by atoms with Crippen molar-refractivity contribution in [2.24, 2.45) is 5.73 Å².